The van der Waals surface area contributed by atoms with Crippen LogP contribution in [0.1, 0.15) is 32.7 Å². The molecule has 0 radical (unpaired) electrons. The second kappa shape index (κ2) is 20.2. The molecule has 1 atom stereocenters. The first-order chi connectivity index (χ1) is 28.8. The number of hydrogen-bond donors (Lipinski definition) is 2. The third-order valence-electron chi connectivity index (χ3n) is 10.1. The van der Waals surface area contributed by atoms with E-state index in [1.807, 2.05) is 90.4 Å². The fourth-order valence-electron chi connectivity index (χ4n) is 6.89. The van der Waals surface area contributed by atoms with Crippen LogP contribution in [0.4, 0.5) is 17.1 Å². The largest absolute Gasteiger partial charge is 0.465 e. The number of esters is 1. The number of nitro benzene ring substituents is 1. The molecule has 5 aromatic rings. The fourth-order valence-corrected chi connectivity index (χ4v) is 9.03. The number of sulfonamides is 1. The van der Waals surface area contributed by atoms with E-state index in [0.29, 0.717) is 23.7 Å². The number of ether oxygens (including phenoxy) is 1. The molecule has 1 aliphatic rings. The Hall–Kier alpha value is -5.45. The molecule has 0 spiro atoms. The van der Waals surface area contributed by atoms with Crippen LogP contribution in [0.3, 0.4) is 0 Å². The molecule has 5 aromatic carbocycles. The Kier molecular flexibility index (Phi) is 14.9. The lowest BCUT2D eigenvalue weighted by Gasteiger charge is -2.36. The molecule has 13 nitrogen and oxygen atoms in total. The van der Waals surface area contributed by atoms with E-state index in [1.165, 1.54) is 29.5 Å². The summed E-state index contributed by atoms with van der Waals surface area (Å²) >= 11 is 7.66. The van der Waals surface area contributed by atoms with Crippen molar-refractivity contribution in [3.63, 3.8) is 0 Å². The van der Waals surface area contributed by atoms with Crippen molar-refractivity contribution in [1.82, 2.24) is 14.5 Å². The van der Waals surface area contributed by atoms with Crippen molar-refractivity contribution >= 4 is 62.3 Å². The van der Waals surface area contributed by atoms with Gasteiger partial charge < -0.3 is 19.9 Å². The maximum absolute atomic E-state index is 13.7. The van der Waals surface area contributed by atoms with Crippen LogP contribution in [-0.2, 0) is 21.3 Å². The minimum Gasteiger partial charge on any atom is -0.465 e. The number of carbonyl (C=O) groups is 2. The van der Waals surface area contributed by atoms with E-state index in [4.69, 9.17) is 16.3 Å². The van der Waals surface area contributed by atoms with Gasteiger partial charge in [0.25, 0.3) is 21.6 Å². The van der Waals surface area contributed by atoms with Crippen LogP contribution in [0.2, 0.25) is 5.02 Å². The van der Waals surface area contributed by atoms with Crippen molar-refractivity contribution in [3.05, 3.63) is 147 Å². The maximum atomic E-state index is 13.7. The van der Waals surface area contributed by atoms with E-state index in [2.05, 4.69) is 27.2 Å². The molecule has 1 fully saturated rings. The molecule has 314 valence electrons. The second-order valence-corrected chi connectivity index (χ2v) is 17.8. The van der Waals surface area contributed by atoms with Gasteiger partial charge in [-0.2, -0.15) is 0 Å². The summed E-state index contributed by atoms with van der Waals surface area (Å²) in [6.07, 6.45) is 0.552. The molecular weight excluding hydrogens is 824 g/mol. The number of nitrogens with zero attached hydrogens (tertiary/aromatic N) is 4. The Balaban J connectivity index is 1.13. The number of anilines is 2. The minimum atomic E-state index is -4.70. The normalized spacial score (nSPS) is 13.8. The molecule has 1 amide bonds. The summed E-state index contributed by atoms with van der Waals surface area (Å²) in [4.78, 5) is 45.1. The zero-order valence-electron chi connectivity index (χ0n) is 33.5. The highest BCUT2D eigenvalue weighted by Gasteiger charge is 2.31. The minimum absolute atomic E-state index is 0.0698. The van der Waals surface area contributed by atoms with Gasteiger partial charge in [-0.15, -0.1) is 11.8 Å². The molecule has 2 N–H and O–H groups in total. The number of benzene rings is 5. The van der Waals surface area contributed by atoms with Gasteiger partial charge in [0, 0.05) is 71.8 Å². The standard InChI is InChI=1S/C44H47ClN6O7S2/c1-48(2)22-21-35(30-59-37-10-5-4-6-11-37)46-42-40(44(53)58-3)27-38(28-41(42)51(54)55)60(56,57)47-43(52)32-15-19-36(20-16-32)50-25-23-49(24-26-50)29-33-9-7-8-12-39(33)31-13-17-34(45)18-14-31/h4-20,27-28,35,46H,21-26,29-30H2,1-3H3,(H,47,52)/t35-/m1/s1. The Bertz CT molecular complexity index is 2400. The molecule has 1 saturated heterocycles. The van der Waals surface area contributed by atoms with Crippen LogP contribution < -0.4 is 14.9 Å². The monoisotopic (exact) mass is 870 g/mol. The van der Waals surface area contributed by atoms with Gasteiger partial charge in [-0.1, -0.05) is 66.2 Å². The third kappa shape index (κ3) is 11.4. The van der Waals surface area contributed by atoms with Gasteiger partial charge >= 0.3 is 5.97 Å². The second-order valence-electron chi connectivity index (χ2n) is 14.6. The predicted molar refractivity (Wildman–Crippen MR) is 238 cm³/mol. The molecule has 16 heteroatoms. The summed E-state index contributed by atoms with van der Waals surface area (Å²) in [6.45, 7) is 4.54. The van der Waals surface area contributed by atoms with Gasteiger partial charge in [-0.25, -0.2) is 17.9 Å². The van der Waals surface area contributed by atoms with Gasteiger partial charge in [0.05, 0.1) is 22.5 Å². The topological polar surface area (TPSA) is 154 Å². The van der Waals surface area contributed by atoms with Gasteiger partial charge in [-0.3, -0.25) is 19.8 Å². The van der Waals surface area contributed by atoms with E-state index in [9.17, 15) is 28.1 Å². The number of rotatable bonds is 17. The average Bonchev–Trinajstić information content (AvgIpc) is 3.25. The lowest BCUT2D eigenvalue weighted by Crippen LogP contribution is -2.46. The Labute approximate surface area is 359 Å². The smallest absolute Gasteiger partial charge is 0.340 e. The summed E-state index contributed by atoms with van der Waals surface area (Å²) in [7, 11) is 0.208. The summed E-state index contributed by atoms with van der Waals surface area (Å²) < 4.78 is 34.3. The first kappa shape index (κ1) is 44.1. The molecule has 1 aliphatic heterocycles. The molecule has 60 heavy (non-hydrogen) atoms. The van der Waals surface area contributed by atoms with Crippen molar-refractivity contribution in [3.8, 4) is 11.1 Å². The summed E-state index contributed by atoms with van der Waals surface area (Å²) in [6, 6.07) is 33.9. The number of amides is 1. The molecule has 0 aliphatic carbocycles. The average molecular weight is 871 g/mol. The van der Waals surface area contributed by atoms with Crippen molar-refractivity contribution < 1.29 is 27.7 Å². The SMILES string of the molecule is COC(=O)c1cc(S(=O)(=O)NC(=O)c2ccc(N3CCN(Cc4ccccc4-c4ccc(Cl)cc4)CC3)cc2)cc([N+](=O)[O-])c1N[C@H](CCN(C)C)CSc1ccccc1. The number of halogens is 1. The van der Waals surface area contributed by atoms with Gasteiger partial charge in [0.15, 0.2) is 0 Å². The van der Waals surface area contributed by atoms with Gasteiger partial charge in [0.1, 0.15) is 5.69 Å². The van der Waals surface area contributed by atoms with Crippen molar-refractivity contribution in [2.24, 2.45) is 0 Å². The van der Waals surface area contributed by atoms with Crippen LogP contribution in [0.25, 0.3) is 11.1 Å². The number of nitrogens with one attached hydrogen (secondary N) is 2. The number of piperazine rings is 1. The highest BCUT2D eigenvalue weighted by Crippen LogP contribution is 2.35. The van der Waals surface area contributed by atoms with Gasteiger partial charge in [0.2, 0.25) is 0 Å². The maximum Gasteiger partial charge on any atom is 0.340 e. The molecule has 0 saturated carbocycles. The Morgan fingerprint density at radius 2 is 1.58 bits per heavy atom. The van der Waals surface area contributed by atoms with Gasteiger partial charge in [-0.05, 0) is 98.3 Å². The van der Waals surface area contributed by atoms with Crippen LogP contribution >= 0.6 is 23.4 Å². The molecule has 6 rings (SSSR count). The number of methoxy groups -OCH3 is 1. The Morgan fingerprint density at radius 1 is 0.917 bits per heavy atom. The van der Waals surface area contributed by atoms with E-state index in [-0.39, 0.29) is 22.9 Å². The predicted octanol–water partition coefficient (Wildman–Crippen LogP) is 7.67. The van der Waals surface area contributed by atoms with Crippen LogP contribution in [0, 0.1) is 10.1 Å². The van der Waals surface area contributed by atoms with Crippen LogP contribution in [0.5, 0.6) is 0 Å². The van der Waals surface area contributed by atoms with E-state index in [1.54, 1.807) is 12.1 Å². The number of hydrogen-bond acceptors (Lipinski definition) is 12. The van der Waals surface area contributed by atoms with E-state index < -0.39 is 37.4 Å². The molecule has 0 aromatic heterocycles. The van der Waals surface area contributed by atoms with Crippen LogP contribution in [-0.4, -0.2) is 101 Å². The highest BCUT2D eigenvalue weighted by atomic mass is 35.5. The number of carbonyl (C=O) groups excluding carboxylic acids is 2. The van der Waals surface area contributed by atoms with Crippen molar-refractivity contribution in [1.29, 1.82) is 0 Å². The van der Waals surface area contributed by atoms with Crippen LogP contribution in [0.15, 0.2) is 125 Å². The van der Waals surface area contributed by atoms with E-state index >= 15 is 0 Å². The third-order valence-corrected chi connectivity index (χ3v) is 12.9. The quantitative estimate of drug-likeness (QED) is 0.0408. The first-order valence-corrected chi connectivity index (χ1v) is 22.1. The number of thioether (sulfide) groups is 1. The first-order valence-electron chi connectivity index (χ1n) is 19.3. The molecular formula is C44H47ClN6O7S2. The summed E-state index contributed by atoms with van der Waals surface area (Å²) in [5, 5.41) is 16.3. The zero-order chi connectivity index (χ0) is 42.8. The molecule has 0 bridgehead atoms. The number of nitro groups is 1. The van der Waals surface area contributed by atoms with E-state index in [0.717, 1.165) is 73.7 Å². The Morgan fingerprint density at radius 3 is 2.23 bits per heavy atom. The van der Waals surface area contributed by atoms with Crippen molar-refractivity contribution in [2.75, 3.05) is 69.9 Å². The molecule has 1 heterocycles. The summed E-state index contributed by atoms with van der Waals surface area (Å²) in [5.41, 5.74) is 3.27. The lowest BCUT2D eigenvalue weighted by atomic mass is 9.99. The fraction of sp³-hybridized carbons (Fsp3) is 0.273. The summed E-state index contributed by atoms with van der Waals surface area (Å²) in [5.74, 6) is -1.43. The molecule has 0 unspecified atom stereocenters. The lowest BCUT2D eigenvalue weighted by molar-refractivity contribution is -0.384. The zero-order valence-corrected chi connectivity index (χ0v) is 35.9. The highest BCUT2D eigenvalue weighted by molar-refractivity contribution is 7.99. The van der Waals surface area contributed by atoms with Crippen molar-refractivity contribution in [2.45, 2.75) is 28.8 Å².